The lowest BCUT2D eigenvalue weighted by Gasteiger charge is -2.25. The minimum atomic E-state index is -0.586. The largest absolute Gasteiger partial charge is 0.469 e. The number of fused-ring (bicyclic) bond motifs is 1. The first-order valence-electron chi connectivity index (χ1n) is 12.0. The fraction of sp³-hybridized carbons (Fsp3) is 0.333. The molecule has 2 aliphatic heterocycles. The van der Waals surface area contributed by atoms with Gasteiger partial charge in [0, 0.05) is 38.8 Å². The highest BCUT2D eigenvalue weighted by molar-refractivity contribution is 6.33. The predicted molar refractivity (Wildman–Crippen MR) is 132 cm³/mol. The van der Waals surface area contributed by atoms with Crippen LogP contribution >= 0.6 is 11.6 Å². The van der Waals surface area contributed by atoms with Gasteiger partial charge in [-0.25, -0.2) is 9.18 Å². The van der Waals surface area contributed by atoms with Crippen LogP contribution in [-0.4, -0.2) is 54.5 Å². The number of ether oxygens (including phenoxy) is 1. The van der Waals surface area contributed by atoms with E-state index >= 15 is 0 Å². The summed E-state index contributed by atoms with van der Waals surface area (Å²) in [6.07, 6.45) is 2.98. The van der Waals surface area contributed by atoms with Crippen molar-refractivity contribution in [3.63, 3.8) is 0 Å². The van der Waals surface area contributed by atoms with E-state index in [-0.39, 0.29) is 22.5 Å². The van der Waals surface area contributed by atoms with Crippen molar-refractivity contribution in [1.82, 2.24) is 15.1 Å². The Morgan fingerprint density at radius 1 is 1.06 bits per heavy atom. The van der Waals surface area contributed by atoms with Crippen molar-refractivity contribution in [2.45, 2.75) is 12.5 Å². The highest BCUT2D eigenvalue weighted by atomic mass is 35.5. The smallest absolute Gasteiger partial charge is 0.413 e. The van der Waals surface area contributed by atoms with E-state index in [1.54, 1.807) is 17.0 Å². The SMILES string of the molecule is O=C(NC(CCN1CC2CN(C(=O)c3c(F)cccc3Cl)C[C@@H]2C1)c1ccccc1)Oc1ccoc1. The molecule has 0 aliphatic carbocycles. The molecule has 2 fully saturated rings. The summed E-state index contributed by atoms with van der Waals surface area (Å²) < 4.78 is 24.5. The van der Waals surface area contributed by atoms with Gasteiger partial charge in [0.2, 0.25) is 0 Å². The zero-order valence-corrected chi connectivity index (χ0v) is 20.4. The first-order chi connectivity index (χ1) is 17.5. The summed E-state index contributed by atoms with van der Waals surface area (Å²) in [5, 5.41) is 3.11. The summed E-state index contributed by atoms with van der Waals surface area (Å²) in [6, 6.07) is 15.5. The third-order valence-corrected chi connectivity index (χ3v) is 7.27. The van der Waals surface area contributed by atoms with Crippen molar-refractivity contribution in [1.29, 1.82) is 0 Å². The second-order valence-electron chi connectivity index (χ2n) is 9.33. The lowest BCUT2D eigenvalue weighted by molar-refractivity contribution is 0.0769. The zero-order valence-electron chi connectivity index (χ0n) is 19.6. The van der Waals surface area contributed by atoms with Gasteiger partial charge in [-0.2, -0.15) is 0 Å². The van der Waals surface area contributed by atoms with Crippen LogP contribution in [0, 0.1) is 17.7 Å². The molecule has 2 amide bonds. The number of likely N-dealkylation sites (tertiary alicyclic amines) is 2. The number of benzene rings is 2. The first kappa shape index (κ1) is 24.3. The van der Waals surface area contributed by atoms with E-state index in [2.05, 4.69) is 10.2 Å². The highest BCUT2D eigenvalue weighted by Gasteiger charge is 2.42. The quantitative estimate of drug-likeness (QED) is 0.483. The number of nitrogens with one attached hydrogen (secondary N) is 1. The van der Waals surface area contributed by atoms with Gasteiger partial charge in [0.05, 0.1) is 22.9 Å². The van der Waals surface area contributed by atoms with Gasteiger partial charge in [-0.3, -0.25) is 4.79 Å². The topological polar surface area (TPSA) is 75.0 Å². The molecule has 2 saturated heterocycles. The van der Waals surface area contributed by atoms with Crippen LogP contribution in [0.5, 0.6) is 5.75 Å². The summed E-state index contributed by atoms with van der Waals surface area (Å²) in [6.45, 7) is 3.65. The van der Waals surface area contributed by atoms with Gasteiger partial charge in [-0.05, 0) is 36.0 Å². The molecule has 3 heterocycles. The van der Waals surface area contributed by atoms with E-state index in [0.29, 0.717) is 37.1 Å². The Morgan fingerprint density at radius 3 is 2.47 bits per heavy atom. The van der Waals surface area contributed by atoms with Gasteiger partial charge in [-0.15, -0.1) is 0 Å². The van der Waals surface area contributed by atoms with Crippen molar-refractivity contribution >= 4 is 23.6 Å². The number of amides is 2. The maximum atomic E-state index is 14.2. The van der Waals surface area contributed by atoms with E-state index in [1.165, 1.54) is 24.7 Å². The van der Waals surface area contributed by atoms with Crippen LogP contribution in [0.2, 0.25) is 5.02 Å². The van der Waals surface area contributed by atoms with E-state index < -0.39 is 11.9 Å². The minimum Gasteiger partial charge on any atom is -0.469 e. The van der Waals surface area contributed by atoms with Crippen LogP contribution < -0.4 is 10.1 Å². The number of hydrogen-bond donors (Lipinski definition) is 1. The molecule has 36 heavy (non-hydrogen) atoms. The molecule has 1 aromatic heterocycles. The second-order valence-corrected chi connectivity index (χ2v) is 9.74. The van der Waals surface area contributed by atoms with Crippen LogP contribution in [0.3, 0.4) is 0 Å². The lowest BCUT2D eigenvalue weighted by atomic mass is 10.0. The molecule has 2 aromatic carbocycles. The van der Waals surface area contributed by atoms with Gasteiger partial charge in [0.15, 0.2) is 5.75 Å². The molecule has 7 nitrogen and oxygen atoms in total. The lowest BCUT2D eigenvalue weighted by Crippen LogP contribution is -2.36. The number of carbonyl (C=O) groups is 2. The van der Waals surface area contributed by atoms with Crippen LogP contribution in [0.1, 0.15) is 28.4 Å². The Labute approximate surface area is 213 Å². The zero-order chi connectivity index (χ0) is 25.1. The summed E-state index contributed by atoms with van der Waals surface area (Å²) >= 11 is 6.10. The van der Waals surface area contributed by atoms with E-state index in [1.807, 2.05) is 30.3 Å². The van der Waals surface area contributed by atoms with Crippen molar-refractivity contribution in [2.24, 2.45) is 11.8 Å². The molecule has 0 spiro atoms. The van der Waals surface area contributed by atoms with E-state index in [0.717, 1.165) is 25.2 Å². The molecule has 188 valence electrons. The Morgan fingerprint density at radius 2 is 1.81 bits per heavy atom. The summed E-state index contributed by atoms with van der Waals surface area (Å²) in [7, 11) is 0. The summed E-state index contributed by atoms with van der Waals surface area (Å²) in [5.74, 6) is 0.0743. The van der Waals surface area contributed by atoms with Crippen LogP contribution in [0.25, 0.3) is 0 Å². The van der Waals surface area contributed by atoms with Gasteiger partial charge in [-0.1, -0.05) is 48.0 Å². The molecule has 0 saturated carbocycles. The second kappa shape index (κ2) is 10.7. The number of nitrogens with zero attached hydrogens (tertiary/aromatic N) is 2. The van der Waals surface area contributed by atoms with E-state index in [4.69, 9.17) is 20.8 Å². The highest BCUT2D eigenvalue weighted by Crippen LogP contribution is 2.33. The molecule has 0 bridgehead atoms. The molecular formula is C27H27ClFN3O4. The van der Waals surface area contributed by atoms with Gasteiger partial charge in [0.1, 0.15) is 12.1 Å². The van der Waals surface area contributed by atoms with Crippen molar-refractivity contribution in [3.8, 4) is 5.75 Å². The van der Waals surface area contributed by atoms with Crippen molar-refractivity contribution in [3.05, 3.63) is 89.1 Å². The van der Waals surface area contributed by atoms with Crippen LogP contribution in [0.15, 0.2) is 71.5 Å². The van der Waals surface area contributed by atoms with E-state index in [9.17, 15) is 14.0 Å². The maximum Gasteiger partial charge on any atom is 0.413 e. The van der Waals surface area contributed by atoms with Crippen molar-refractivity contribution in [2.75, 3.05) is 32.7 Å². The predicted octanol–water partition coefficient (Wildman–Crippen LogP) is 5.00. The fourth-order valence-electron chi connectivity index (χ4n) is 5.21. The summed E-state index contributed by atoms with van der Waals surface area (Å²) in [4.78, 5) is 29.5. The fourth-order valence-corrected chi connectivity index (χ4v) is 5.45. The normalized spacial score (nSPS) is 20.2. The Hall–Kier alpha value is -3.36. The Kier molecular flexibility index (Phi) is 7.25. The third kappa shape index (κ3) is 5.39. The average Bonchev–Trinajstić information content (AvgIpc) is 3.59. The third-order valence-electron chi connectivity index (χ3n) is 6.96. The molecule has 2 aliphatic rings. The average molecular weight is 512 g/mol. The Balaban J connectivity index is 1.16. The van der Waals surface area contributed by atoms with Gasteiger partial charge in [0.25, 0.3) is 5.91 Å². The molecule has 3 aromatic rings. The van der Waals surface area contributed by atoms with Crippen LogP contribution in [-0.2, 0) is 0 Å². The van der Waals surface area contributed by atoms with Gasteiger partial charge < -0.3 is 24.3 Å². The monoisotopic (exact) mass is 511 g/mol. The minimum absolute atomic E-state index is 0.0462. The molecule has 5 rings (SSSR count). The van der Waals surface area contributed by atoms with Crippen LogP contribution in [0.4, 0.5) is 9.18 Å². The number of rotatable bonds is 7. The molecule has 9 heteroatoms. The number of furan rings is 1. The van der Waals surface area contributed by atoms with Crippen molar-refractivity contribution < 1.29 is 23.1 Å². The number of halogens is 2. The first-order valence-corrected chi connectivity index (χ1v) is 12.4. The molecule has 1 N–H and O–H groups in total. The van der Waals surface area contributed by atoms with Gasteiger partial charge >= 0.3 is 6.09 Å². The molecule has 3 atom stereocenters. The number of hydrogen-bond acceptors (Lipinski definition) is 5. The summed E-state index contributed by atoms with van der Waals surface area (Å²) in [5.41, 5.74) is 0.953. The number of carbonyl (C=O) groups excluding carboxylic acids is 2. The molecule has 2 unspecified atom stereocenters. The maximum absolute atomic E-state index is 14.2. The standard InChI is InChI=1S/C27H27ClFN3O4/c28-22-7-4-8-23(29)25(22)26(33)32-15-19-13-31(14-20(19)16-32)11-9-24(18-5-2-1-3-6-18)30-27(34)36-21-10-12-35-17-21/h1-8,10,12,17,19-20,24H,9,11,13-16H2,(H,30,34)/t19-,20?,24?/m0/s1. The Bertz CT molecular complexity index is 1170. The molecular weight excluding hydrogens is 485 g/mol. The molecule has 0 radical (unpaired) electrons.